The number of amides is 4. The highest BCUT2D eigenvalue weighted by Crippen LogP contribution is 2.24. The van der Waals surface area contributed by atoms with E-state index in [4.69, 9.17) is 16.3 Å². The van der Waals surface area contributed by atoms with Crippen molar-refractivity contribution in [3.8, 4) is 0 Å². The molecule has 1 aliphatic rings. The predicted octanol–water partition coefficient (Wildman–Crippen LogP) is 2.46. The van der Waals surface area contributed by atoms with Crippen LogP contribution in [0.4, 0.5) is 14.9 Å². The average molecular weight is 414 g/mol. The third-order valence-corrected chi connectivity index (χ3v) is 4.54. The fraction of sp³-hybridized carbons (Fsp3) is 0.444. The number of halogens is 2. The van der Waals surface area contributed by atoms with Gasteiger partial charge in [-0.1, -0.05) is 31.4 Å². The molecular formula is C18H21ClFN3O5. The first-order chi connectivity index (χ1) is 13.2. The normalized spacial score (nSPS) is 18.8. The van der Waals surface area contributed by atoms with Crippen LogP contribution in [0.3, 0.4) is 0 Å². The van der Waals surface area contributed by atoms with E-state index in [1.807, 2.05) is 6.92 Å². The van der Waals surface area contributed by atoms with E-state index in [0.717, 1.165) is 29.9 Å². The highest BCUT2D eigenvalue weighted by Gasteiger charge is 2.47. The quantitative estimate of drug-likeness (QED) is 0.503. The van der Waals surface area contributed by atoms with Crippen LogP contribution in [0.1, 0.15) is 33.1 Å². The molecule has 1 saturated heterocycles. The van der Waals surface area contributed by atoms with Crippen molar-refractivity contribution in [3.63, 3.8) is 0 Å². The molecule has 1 aliphatic heterocycles. The Bertz CT molecular complexity index is 803. The van der Waals surface area contributed by atoms with Gasteiger partial charge in [0.2, 0.25) is 0 Å². The molecule has 28 heavy (non-hydrogen) atoms. The summed E-state index contributed by atoms with van der Waals surface area (Å²) in [6, 6.07) is 2.72. The molecule has 4 amide bonds. The molecular weight excluding hydrogens is 393 g/mol. The van der Waals surface area contributed by atoms with Gasteiger partial charge in [0.05, 0.1) is 10.7 Å². The lowest BCUT2D eigenvalue weighted by Gasteiger charge is -2.21. The van der Waals surface area contributed by atoms with Gasteiger partial charge in [0.1, 0.15) is 17.9 Å². The molecule has 0 aromatic heterocycles. The summed E-state index contributed by atoms with van der Waals surface area (Å²) in [5, 5.41) is 4.94. The Hall–Kier alpha value is -2.68. The van der Waals surface area contributed by atoms with Crippen LogP contribution in [0.2, 0.25) is 5.02 Å². The number of urea groups is 1. The second kappa shape index (κ2) is 9.01. The highest BCUT2D eigenvalue weighted by molar-refractivity contribution is 6.33. The Morgan fingerprint density at radius 2 is 2.07 bits per heavy atom. The Kier molecular flexibility index (Phi) is 6.95. The van der Waals surface area contributed by atoms with Gasteiger partial charge in [-0.2, -0.15) is 0 Å². The van der Waals surface area contributed by atoms with Crippen molar-refractivity contribution in [3.05, 3.63) is 29.0 Å². The van der Waals surface area contributed by atoms with E-state index in [9.17, 15) is 23.6 Å². The van der Waals surface area contributed by atoms with Crippen LogP contribution in [0, 0.1) is 5.82 Å². The largest absolute Gasteiger partial charge is 0.454 e. The maximum absolute atomic E-state index is 13.0. The van der Waals surface area contributed by atoms with E-state index >= 15 is 0 Å². The molecule has 0 unspecified atom stereocenters. The molecule has 1 atom stereocenters. The minimum Gasteiger partial charge on any atom is -0.454 e. The summed E-state index contributed by atoms with van der Waals surface area (Å²) in [7, 11) is 0. The fourth-order valence-electron chi connectivity index (χ4n) is 2.69. The van der Waals surface area contributed by atoms with Crippen LogP contribution in [-0.4, -0.2) is 47.4 Å². The Morgan fingerprint density at radius 3 is 2.71 bits per heavy atom. The molecule has 0 bridgehead atoms. The summed E-state index contributed by atoms with van der Waals surface area (Å²) in [6.07, 6.45) is 2.06. The minimum atomic E-state index is -1.05. The molecule has 1 heterocycles. The van der Waals surface area contributed by atoms with Gasteiger partial charge in [0, 0.05) is 0 Å². The average Bonchev–Trinajstić information content (AvgIpc) is 2.84. The molecule has 2 rings (SSSR count). The van der Waals surface area contributed by atoms with E-state index < -0.39 is 48.3 Å². The number of imide groups is 1. The zero-order valence-electron chi connectivity index (χ0n) is 15.5. The summed E-state index contributed by atoms with van der Waals surface area (Å²) in [5.41, 5.74) is -0.894. The molecule has 0 saturated carbocycles. The van der Waals surface area contributed by atoms with E-state index in [1.165, 1.54) is 6.07 Å². The number of nitrogens with zero attached hydrogens (tertiary/aromatic N) is 1. The molecule has 8 nitrogen and oxygen atoms in total. The summed E-state index contributed by atoms with van der Waals surface area (Å²) in [5.74, 6) is -2.69. The van der Waals surface area contributed by atoms with Gasteiger partial charge < -0.3 is 15.4 Å². The predicted molar refractivity (Wildman–Crippen MR) is 99.2 cm³/mol. The number of ether oxygens (including phenoxy) is 1. The van der Waals surface area contributed by atoms with Crippen molar-refractivity contribution in [2.75, 3.05) is 18.5 Å². The molecule has 10 heteroatoms. The van der Waals surface area contributed by atoms with Crippen LogP contribution in [0.15, 0.2) is 18.2 Å². The molecule has 0 spiro atoms. The van der Waals surface area contributed by atoms with Gasteiger partial charge >= 0.3 is 12.0 Å². The summed E-state index contributed by atoms with van der Waals surface area (Å²) in [6.45, 7) is 2.32. The lowest BCUT2D eigenvalue weighted by molar-refractivity contribution is -0.150. The van der Waals surface area contributed by atoms with Crippen LogP contribution in [0.25, 0.3) is 0 Å². The van der Waals surface area contributed by atoms with E-state index in [2.05, 4.69) is 10.6 Å². The van der Waals surface area contributed by atoms with E-state index in [1.54, 1.807) is 6.92 Å². The van der Waals surface area contributed by atoms with Crippen molar-refractivity contribution in [2.45, 2.75) is 38.6 Å². The lowest BCUT2D eigenvalue weighted by Crippen LogP contribution is -2.44. The van der Waals surface area contributed by atoms with Crippen LogP contribution >= 0.6 is 11.6 Å². The lowest BCUT2D eigenvalue weighted by atomic mass is 9.95. The number of rotatable bonds is 8. The summed E-state index contributed by atoms with van der Waals surface area (Å²) in [4.78, 5) is 49.0. The van der Waals surface area contributed by atoms with Crippen LogP contribution in [0.5, 0.6) is 0 Å². The van der Waals surface area contributed by atoms with Crippen molar-refractivity contribution in [1.82, 2.24) is 10.2 Å². The first-order valence-corrected chi connectivity index (χ1v) is 9.08. The molecule has 2 N–H and O–H groups in total. The third-order valence-electron chi connectivity index (χ3n) is 4.23. The zero-order valence-corrected chi connectivity index (χ0v) is 16.3. The number of unbranched alkanes of at least 4 members (excludes halogenated alkanes) is 1. The number of benzene rings is 1. The smallest absolute Gasteiger partial charge is 0.326 e. The minimum absolute atomic E-state index is 0.00891. The first kappa shape index (κ1) is 21.6. The SMILES string of the molecule is CCCC[C@]1(C)NC(=O)N(CC(=O)OCC(=O)Nc2ccc(F)cc2Cl)C1=O. The Balaban J connectivity index is 1.85. The third kappa shape index (κ3) is 5.19. The van der Waals surface area contributed by atoms with Gasteiger partial charge in [-0.3, -0.25) is 19.3 Å². The monoisotopic (exact) mass is 413 g/mol. The molecule has 1 aromatic rings. The van der Waals surface area contributed by atoms with Gasteiger partial charge in [-0.05, 0) is 31.5 Å². The zero-order chi connectivity index (χ0) is 20.9. The van der Waals surface area contributed by atoms with Gasteiger partial charge in [-0.15, -0.1) is 0 Å². The summed E-state index contributed by atoms with van der Waals surface area (Å²) >= 11 is 5.79. The number of anilines is 1. The van der Waals surface area contributed by atoms with E-state index in [0.29, 0.717) is 6.42 Å². The van der Waals surface area contributed by atoms with Gasteiger partial charge in [-0.25, -0.2) is 9.18 Å². The fourth-order valence-corrected chi connectivity index (χ4v) is 2.90. The number of esters is 1. The number of carbonyl (C=O) groups excluding carboxylic acids is 4. The number of hydrogen-bond donors (Lipinski definition) is 2. The Labute approximate surface area is 166 Å². The van der Waals surface area contributed by atoms with Crippen LogP contribution < -0.4 is 10.6 Å². The van der Waals surface area contributed by atoms with Gasteiger partial charge in [0.25, 0.3) is 11.8 Å². The van der Waals surface area contributed by atoms with E-state index in [-0.39, 0.29) is 10.7 Å². The van der Waals surface area contributed by atoms with Crippen LogP contribution in [-0.2, 0) is 19.1 Å². The molecule has 0 aliphatic carbocycles. The Morgan fingerprint density at radius 1 is 1.36 bits per heavy atom. The maximum atomic E-state index is 13.0. The second-order valence-electron chi connectivity index (χ2n) is 6.59. The standard InChI is InChI=1S/C18H21ClFN3O5/c1-3-4-7-18(2)16(26)23(17(27)22-18)9-15(25)28-10-14(24)21-13-6-5-11(20)8-12(13)19/h5-6,8H,3-4,7,9-10H2,1-2H3,(H,21,24)(H,22,27)/t18-/m0/s1. The number of hydrogen-bond acceptors (Lipinski definition) is 5. The van der Waals surface area contributed by atoms with Crippen molar-refractivity contribution in [1.29, 1.82) is 0 Å². The topological polar surface area (TPSA) is 105 Å². The maximum Gasteiger partial charge on any atom is 0.326 e. The van der Waals surface area contributed by atoms with Gasteiger partial charge in [0.15, 0.2) is 6.61 Å². The number of nitrogens with one attached hydrogen (secondary N) is 2. The molecule has 1 aromatic carbocycles. The van der Waals surface area contributed by atoms with Crippen molar-refractivity contribution < 1.29 is 28.3 Å². The molecule has 152 valence electrons. The molecule has 1 fully saturated rings. The first-order valence-electron chi connectivity index (χ1n) is 8.71. The molecule has 0 radical (unpaired) electrons. The second-order valence-corrected chi connectivity index (χ2v) is 7.00. The summed E-state index contributed by atoms with van der Waals surface area (Å²) < 4.78 is 17.8. The van der Waals surface area contributed by atoms with Crippen molar-refractivity contribution >= 4 is 41.1 Å². The highest BCUT2D eigenvalue weighted by atomic mass is 35.5. The number of carbonyl (C=O) groups is 4. The van der Waals surface area contributed by atoms with Crippen molar-refractivity contribution in [2.24, 2.45) is 0 Å².